The Morgan fingerprint density at radius 3 is 3.05 bits per heavy atom. The SMILES string of the molecule is CC(C)C(=O)NCCNC1CCCc2c1cnn2C. The molecule has 0 fully saturated rings. The van der Waals surface area contributed by atoms with Gasteiger partial charge >= 0.3 is 0 Å². The maximum absolute atomic E-state index is 11.4. The van der Waals surface area contributed by atoms with Crippen LogP contribution in [0, 0.1) is 5.92 Å². The van der Waals surface area contributed by atoms with E-state index in [2.05, 4.69) is 15.7 Å². The fourth-order valence-corrected chi connectivity index (χ4v) is 2.55. The summed E-state index contributed by atoms with van der Waals surface area (Å²) in [7, 11) is 2.00. The van der Waals surface area contributed by atoms with E-state index in [1.165, 1.54) is 17.7 Å². The molecule has 1 aromatic rings. The normalized spacial score (nSPS) is 18.4. The van der Waals surface area contributed by atoms with Gasteiger partial charge in [-0.3, -0.25) is 9.48 Å². The molecule has 0 radical (unpaired) electrons. The molecule has 1 atom stereocenters. The van der Waals surface area contributed by atoms with Gasteiger partial charge in [0.05, 0.1) is 6.20 Å². The monoisotopic (exact) mass is 264 g/mol. The van der Waals surface area contributed by atoms with E-state index in [-0.39, 0.29) is 11.8 Å². The van der Waals surface area contributed by atoms with Gasteiger partial charge in [-0.1, -0.05) is 13.8 Å². The lowest BCUT2D eigenvalue weighted by Crippen LogP contribution is -2.36. The summed E-state index contributed by atoms with van der Waals surface area (Å²) in [5.74, 6) is 0.173. The number of hydrogen-bond acceptors (Lipinski definition) is 3. The van der Waals surface area contributed by atoms with Crippen molar-refractivity contribution in [2.75, 3.05) is 13.1 Å². The van der Waals surface area contributed by atoms with E-state index in [4.69, 9.17) is 0 Å². The number of aryl methyl sites for hydroxylation is 1. The number of carbonyl (C=O) groups excluding carboxylic acids is 1. The van der Waals surface area contributed by atoms with Crippen molar-refractivity contribution in [1.82, 2.24) is 20.4 Å². The molecule has 1 aliphatic carbocycles. The van der Waals surface area contributed by atoms with Crippen LogP contribution in [0.2, 0.25) is 0 Å². The number of aromatic nitrogens is 2. The zero-order valence-corrected chi connectivity index (χ0v) is 12.1. The highest BCUT2D eigenvalue weighted by Gasteiger charge is 2.22. The zero-order valence-electron chi connectivity index (χ0n) is 12.1. The Balaban J connectivity index is 1.80. The first-order valence-electron chi connectivity index (χ1n) is 7.11. The Bertz CT molecular complexity index is 439. The number of carbonyl (C=O) groups is 1. The summed E-state index contributed by atoms with van der Waals surface area (Å²) in [6, 6.07) is 0.383. The molecule has 0 spiro atoms. The minimum Gasteiger partial charge on any atom is -0.355 e. The second kappa shape index (κ2) is 6.19. The second-order valence-corrected chi connectivity index (χ2v) is 5.51. The van der Waals surface area contributed by atoms with Crippen LogP contribution >= 0.6 is 0 Å². The molecular weight excluding hydrogens is 240 g/mol. The lowest BCUT2D eigenvalue weighted by Gasteiger charge is -2.24. The Hall–Kier alpha value is -1.36. The van der Waals surface area contributed by atoms with Crippen LogP contribution in [0.4, 0.5) is 0 Å². The summed E-state index contributed by atoms with van der Waals surface area (Å²) in [6.07, 6.45) is 5.44. The van der Waals surface area contributed by atoms with Gasteiger partial charge < -0.3 is 10.6 Å². The van der Waals surface area contributed by atoms with Crippen LogP contribution in [-0.4, -0.2) is 28.8 Å². The summed E-state index contributed by atoms with van der Waals surface area (Å²) in [4.78, 5) is 11.4. The summed E-state index contributed by atoms with van der Waals surface area (Å²) < 4.78 is 1.98. The first-order chi connectivity index (χ1) is 9.09. The summed E-state index contributed by atoms with van der Waals surface area (Å²) in [5.41, 5.74) is 2.67. The summed E-state index contributed by atoms with van der Waals surface area (Å²) >= 11 is 0. The van der Waals surface area contributed by atoms with Crippen LogP contribution in [0.15, 0.2) is 6.20 Å². The molecule has 1 heterocycles. The molecule has 0 saturated carbocycles. The molecule has 0 aliphatic heterocycles. The minimum absolute atomic E-state index is 0.0552. The predicted octanol–water partition coefficient (Wildman–Crippen LogP) is 1.16. The molecule has 0 aromatic carbocycles. The van der Waals surface area contributed by atoms with Crippen molar-refractivity contribution in [3.8, 4) is 0 Å². The Labute approximate surface area is 114 Å². The standard InChI is InChI=1S/C14H24N4O/c1-10(2)14(19)16-8-7-15-12-5-4-6-13-11(12)9-17-18(13)3/h9-10,12,15H,4-8H2,1-3H3,(H,16,19). The fraction of sp³-hybridized carbons (Fsp3) is 0.714. The molecule has 106 valence electrons. The number of rotatable bonds is 5. The molecule has 5 heteroatoms. The number of amides is 1. The lowest BCUT2D eigenvalue weighted by atomic mass is 9.93. The third-order valence-corrected chi connectivity index (χ3v) is 3.72. The van der Waals surface area contributed by atoms with E-state index < -0.39 is 0 Å². The largest absolute Gasteiger partial charge is 0.355 e. The van der Waals surface area contributed by atoms with Gasteiger partial charge in [-0.2, -0.15) is 5.10 Å². The van der Waals surface area contributed by atoms with Gasteiger partial charge in [-0.15, -0.1) is 0 Å². The van der Waals surface area contributed by atoms with E-state index in [9.17, 15) is 4.79 Å². The average molecular weight is 264 g/mol. The number of hydrogen-bond donors (Lipinski definition) is 2. The van der Waals surface area contributed by atoms with Gasteiger partial charge in [0.1, 0.15) is 0 Å². The minimum atomic E-state index is 0.0552. The van der Waals surface area contributed by atoms with Crippen molar-refractivity contribution in [2.24, 2.45) is 13.0 Å². The number of fused-ring (bicyclic) bond motifs is 1. The highest BCUT2D eigenvalue weighted by molar-refractivity contribution is 5.77. The van der Waals surface area contributed by atoms with E-state index in [1.54, 1.807) is 0 Å². The quantitative estimate of drug-likeness (QED) is 0.785. The van der Waals surface area contributed by atoms with Crippen molar-refractivity contribution in [3.63, 3.8) is 0 Å². The number of nitrogens with one attached hydrogen (secondary N) is 2. The third-order valence-electron chi connectivity index (χ3n) is 3.72. The maximum atomic E-state index is 11.4. The average Bonchev–Trinajstić information content (AvgIpc) is 2.77. The van der Waals surface area contributed by atoms with Crippen LogP contribution in [0.25, 0.3) is 0 Å². The number of nitrogens with zero attached hydrogens (tertiary/aromatic N) is 2. The summed E-state index contributed by atoms with van der Waals surface area (Å²) in [5, 5.41) is 10.8. The van der Waals surface area contributed by atoms with Crippen LogP contribution in [0.5, 0.6) is 0 Å². The molecule has 5 nitrogen and oxygen atoms in total. The van der Waals surface area contributed by atoms with E-state index in [0.717, 1.165) is 19.4 Å². The van der Waals surface area contributed by atoms with Crippen LogP contribution < -0.4 is 10.6 Å². The molecular formula is C14H24N4O. The van der Waals surface area contributed by atoms with Gasteiger partial charge in [-0.25, -0.2) is 0 Å². The van der Waals surface area contributed by atoms with E-state index in [1.807, 2.05) is 31.8 Å². The Morgan fingerprint density at radius 2 is 2.32 bits per heavy atom. The molecule has 1 unspecified atom stereocenters. The predicted molar refractivity (Wildman–Crippen MR) is 74.7 cm³/mol. The van der Waals surface area contributed by atoms with Crippen molar-refractivity contribution in [1.29, 1.82) is 0 Å². The lowest BCUT2D eigenvalue weighted by molar-refractivity contribution is -0.123. The first-order valence-corrected chi connectivity index (χ1v) is 7.11. The van der Waals surface area contributed by atoms with Gasteiger partial charge in [-0.05, 0) is 19.3 Å². The Kier molecular flexibility index (Phi) is 4.58. The summed E-state index contributed by atoms with van der Waals surface area (Å²) in [6.45, 7) is 5.30. The van der Waals surface area contributed by atoms with Crippen LogP contribution in [-0.2, 0) is 18.3 Å². The zero-order chi connectivity index (χ0) is 13.8. The van der Waals surface area contributed by atoms with Gasteiger partial charge in [0.2, 0.25) is 5.91 Å². The molecule has 1 aliphatic rings. The molecule has 2 rings (SSSR count). The van der Waals surface area contributed by atoms with E-state index >= 15 is 0 Å². The van der Waals surface area contributed by atoms with Crippen molar-refractivity contribution < 1.29 is 4.79 Å². The van der Waals surface area contributed by atoms with Crippen LogP contribution in [0.1, 0.15) is 44.0 Å². The molecule has 2 N–H and O–H groups in total. The Morgan fingerprint density at radius 1 is 1.53 bits per heavy atom. The second-order valence-electron chi connectivity index (χ2n) is 5.51. The molecule has 19 heavy (non-hydrogen) atoms. The van der Waals surface area contributed by atoms with Gasteiger partial charge in [0.15, 0.2) is 0 Å². The topological polar surface area (TPSA) is 59.0 Å². The van der Waals surface area contributed by atoms with Crippen molar-refractivity contribution >= 4 is 5.91 Å². The molecule has 1 aromatic heterocycles. The smallest absolute Gasteiger partial charge is 0.222 e. The highest BCUT2D eigenvalue weighted by Crippen LogP contribution is 2.28. The van der Waals surface area contributed by atoms with Crippen LogP contribution in [0.3, 0.4) is 0 Å². The van der Waals surface area contributed by atoms with E-state index in [0.29, 0.717) is 12.6 Å². The molecule has 0 bridgehead atoms. The third kappa shape index (κ3) is 3.35. The maximum Gasteiger partial charge on any atom is 0.222 e. The van der Waals surface area contributed by atoms with Gasteiger partial charge in [0.25, 0.3) is 0 Å². The first kappa shape index (κ1) is 14.1. The van der Waals surface area contributed by atoms with Gasteiger partial charge in [0, 0.05) is 43.4 Å². The molecule has 1 amide bonds. The molecule has 0 saturated heterocycles. The highest BCUT2D eigenvalue weighted by atomic mass is 16.1. The fourth-order valence-electron chi connectivity index (χ4n) is 2.55. The van der Waals surface area contributed by atoms with Crippen molar-refractivity contribution in [2.45, 2.75) is 39.2 Å². The van der Waals surface area contributed by atoms with Crippen molar-refractivity contribution in [3.05, 3.63) is 17.5 Å².